The van der Waals surface area contributed by atoms with Gasteiger partial charge in [0.1, 0.15) is 17.5 Å². The molecule has 1 heterocycles. The van der Waals surface area contributed by atoms with E-state index in [4.69, 9.17) is 9.47 Å². The Kier molecular flexibility index (Phi) is 8.36. The van der Waals surface area contributed by atoms with Gasteiger partial charge in [0.15, 0.2) is 0 Å². The molecule has 8 nitrogen and oxygen atoms in total. The fourth-order valence-corrected chi connectivity index (χ4v) is 4.55. The molecular formula is C28H38N4O4. The molecule has 2 fully saturated rings. The lowest BCUT2D eigenvalue weighted by Crippen LogP contribution is -2.47. The van der Waals surface area contributed by atoms with Crippen LogP contribution in [0.25, 0.3) is 0 Å². The molecule has 1 atom stereocenters. The zero-order chi connectivity index (χ0) is 25.7. The molecule has 1 aliphatic carbocycles. The van der Waals surface area contributed by atoms with Gasteiger partial charge in [-0.3, -0.25) is 14.5 Å². The summed E-state index contributed by atoms with van der Waals surface area (Å²) < 4.78 is 10.5. The van der Waals surface area contributed by atoms with Crippen molar-refractivity contribution < 1.29 is 19.1 Å². The molecule has 8 heteroatoms. The number of hydrogen-bond donors (Lipinski definition) is 2. The molecule has 2 aromatic carbocycles. The highest BCUT2D eigenvalue weighted by Gasteiger charge is 2.27. The van der Waals surface area contributed by atoms with Crippen LogP contribution in [-0.4, -0.2) is 69.7 Å². The lowest BCUT2D eigenvalue weighted by atomic mass is 10.0. The molecule has 2 amide bonds. The van der Waals surface area contributed by atoms with Gasteiger partial charge in [-0.25, -0.2) is 0 Å². The summed E-state index contributed by atoms with van der Waals surface area (Å²) in [6.07, 6.45) is 2.76. The third-order valence-electron chi connectivity index (χ3n) is 6.91. The van der Waals surface area contributed by atoms with Crippen molar-refractivity contribution in [1.29, 1.82) is 0 Å². The minimum atomic E-state index is -0.704. The van der Waals surface area contributed by atoms with Crippen molar-refractivity contribution in [3.63, 3.8) is 0 Å². The Morgan fingerprint density at radius 3 is 2.22 bits per heavy atom. The maximum Gasteiger partial charge on any atom is 0.252 e. The van der Waals surface area contributed by atoms with Gasteiger partial charge in [-0.15, -0.1) is 0 Å². The molecule has 2 aliphatic rings. The molecule has 1 unspecified atom stereocenters. The average molecular weight is 495 g/mol. The minimum Gasteiger partial charge on any atom is -0.497 e. The number of rotatable bonds is 10. The number of hydrogen-bond acceptors (Lipinski definition) is 6. The van der Waals surface area contributed by atoms with E-state index < -0.39 is 6.04 Å². The zero-order valence-electron chi connectivity index (χ0n) is 21.8. The number of nitrogens with one attached hydrogen (secondary N) is 2. The normalized spacial score (nSPS) is 17.0. The van der Waals surface area contributed by atoms with Gasteiger partial charge in [-0.2, -0.15) is 0 Å². The number of benzene rings is 2. The highest BCUT2D eigenvalue weighted by Crippen LogP contribution is 2.30. The quantitative estimate of drug-likeness (QED) is 0.525. The van der Waals surface area contributed by atoms with Crippen LogP contribution in [0.5, 0.6) is 11.5 Å². The Hall–Kier alpha value is -3.26. The first-order chi connectivity index (χ1) is 17.4. The Bertz CT molecular complexity index is 1040. The highest BCUT2D eigenvalue weighted by molar-refractivity contribution is 6.01. The molecule has 36 heavy (non-hydrogen) atoms. The van der Waals surface area contributed by atoms with Gasteiger partial charge in [0.05, 0.1) is 14.2 Å². The maximum atomic E-state index is 13.2. The second-order valence-corrected chi connectivity index (χ2v) is 10.1. The van der Waals surface area contributed by atoms with Gasteiger partial charge < -0.3 is 25.0 Å². The van der Waals surface area contributed by atoms with Crippen LogP contribution in [0.1, 0.15) is 37.0 Å². The monoisotopic (exact) mass is 494 g/mol. The molecule has 2 N–H and O–H groups in total. The minimum absolute atomic E-state index is 0.107. The van der Waals surface area contributed by atoms with E-state index in [-0.39, 0.29) is 17.7 Å². The summed E-state index contributed by atoms with van der Waals surface area (Å²) in [6, 6.07) is 12.2. The standard InChI is InChI=1S/C28H38N4O4/c1-19(2)26(30-27(33)21-14-24(35-3)17-25(15-21)36-4)28(34)29-22-6-5-7-23(16-22)32-12-10-31(11-13-32)18-20-8-9-20/h5-7,14-17,19-20,26H,8-13,18H2,1-4H3,(H,29,34)(H,30,33). The van der Waals surface area contributed by atoms with Gasteiger partial charge in [0.2, 0.25) is 5.91 Å². The molecular weight excluding hydrogens is 456 g/mol. The summed E-state index contributed by atoms with van der Waals surface area (Å²) in [6.45, 7) is 9.17. The molecule has 4 rings (SSSR count). The van der Waals surface area contributed by atoms with Crippen molar-refractivity contribution in [2.75, 3.05) is 57.2 Å². The summed E-state index contributed by atoms with van der Waals surface area (Å²) in [5.74, 6) is 1.21. The van der Waals surface area contributed by atoms with Crippen LogP contribution in [0.4, 0.5) is 11.4 Å². The third-order valence-corrected chi connectivity index (χ3v) is 6.91. The van der Waals surface area contributed by atoms with E-state index in [0.29, 0.717) is 17.1 Å². The largest absolute Gasteiger partial charge is 0.497 e. The maximum absolute atomic E-state index is 13.2. The summed E-state index contributed by atoms with van der Waals surface area (Å²) >= 11 is 0. The van der Waals surface area contributed by atoms with E-state index in [1.54, 1.807) is 18.2 Å². The predicted molar refractivity (Wildman–Crippen MR) is 142 cm³/mol. The Balaban J connectivity index is 1.39. The van der Waals surface area contributed by atoms with Crippen LogP contribution >= 0.6 is 0 Å². The number of ether oxygens (including phenoxy) is 2. The molecule has 0 spiro atoms. The van der Waals surface area contributed by atoms with E-state index in [2.05, 4.69) is 26.5 Å². The number of methoxy groups -OCH3 is 2. The third kappa shape index (κ3) is 6.69. The van der Waals surface area contributed by atoms with Gasteiger partial charge in [0, 0.05) is 55.7 Å². The SMILES string of the molecule is COc1cc(OC)cc(C(=O)NC(C(=O)Nc2cccc(N3CCN(CC4CC4)CC3)c2)C(C)C)c1. The molecule has 0 bridgehead atoms. The highest BCUT2D eigenvalue weighted by atomic mass is 16.5. The molecule has 1 saturated carbocycles. The molecule has 2 aromatic rings. The fourth-order valence-electron chi connectivity index (χ4n) is 4.55. The first kappa shape index (κ1) is 25.8. The van der Waals surface area contributed by atoms with E-state index in [1.807, 2.05) is 32.0 Å². The van der Waals surface area contributed by atoms with Gasteiger partial charge >= 0.3 is 0 Å². The van der Waals surface area contributed by atoms with Crippen molar-refractivity contribution >= 4 is 23.2 Å². The lowest BCUT2D eigenvalue weighted by molar-refractivity contribution is -0.118. The topological polar surface area (TPSA) is 83.1 Å². The van der Waals surface area contributed by atoms with Crippen molar-refractivity contribution in [3.05, 3.63) is 48.0 Å². The first-order valence-corrected chi connectivity index (χ1v) is 12.8. The zero-order valence-corrected chi connectivity index (χ0v) is 21.8. The van der Waals surface area contributed by atoms with Crippen LogP contribution < -0.4 is 25.0 Å². The van der Waals surface area contributed by atoms with Crippen molar-refractivity contribution in [2.24, 2.45) is 11.8 Å². The number of nitrogens with zero attached hydrogens (tertiary/aromatic N) is 2. The smallest absolute Gasteiger partial charge is 0.252 e. The van der Waals surface area contributed by atoms with E-state index in [0.717, 1.165) is 43.5 Å². The van der Waals surface area contributed by atoms with Crippen LogP contribution in [-0.2, 0) is 4.79 Å². The lowest BCUT2D eigenvalue weighted by Gasteiger charge is -2.36. The second kappa shape index (κ2) is 11.6. The van der Waals surface area contributed by atoms with E-state index >= 15 is 0 Å². The van der Waals surface area contributed by atoms with Crippen molar-refractivity contribution in [1.82, 2.24) is 10.2 Å². The number of piperazine rings is 1. The number of amides is 2. The number of anilines is 2. The Labute approximate surface area is 213 Å². The molecule has 1 saturated heterocycles. The predicted octanol–water partition coefficient (Wildman–Crippen LogP) is 3.63. The van der Waals surface area contributed by atoms with Gasteiger partial charge in [0.25, 0.3) is 5.91 Å². The van der Waals surface area contributed by atoms with Crippen molar-refractivity contribution in [3.8, 4) is 11.5 Å². The summed E-state index contributed by atoms with van der Waals surface area (Å²) in [4.78, 5) is 31.1. The fraction of sp³-hybridized carbons (Fsp3) is 0.500. The summed E-state index contributed by atoms with van der Waals surface area (Å²) in [5.41, 5.74) is 2.20. The summed E-state index contributed by atoms with van der Waals surface area (Å²) in [7, 11) is 3.06. The number of carbonyl (C=O) groups is 2. The Morgan fingerprint density at radius 2 is 1.64 bits per heavy atom. The van der Waals surface area contributed by atoms with Crippen LogP contribution in [0, 0.1) is 11.8 Å². The van der Waals surface area contributed by atoms with Crippen molar-refractivity contribution in [2.45, 2.75) is 32.7 Å². The van der Waals surface area contributed by atoms with E-state index in [9.17, 15) is 9.59 Å². The van der Waals surface area contributed by atoms with Gasteiger partial charge in [-0.1, -0.05) is 19.9 Å². The molecule has 1 aliphatic heterocycles. The summed E-state index contributed by atoms with van der Waals surface area (Å²) in [5, 5.41) is 5.89. The Morgan fingerprint density at radius 1 is 0.972 bits per heavy atom. The van der Waals surface area contributed by atoms with Crippen LogP contribution in [0.2, 0.25) is 0 Å². The molecule has 0 radical (unpaired) electrons. The molecule has 0 aromatic heterocycles. The van der Waals surface area contributed by atoms with Crippen LogP contribution in [0.15, 0.2) is 42.5 Å². The van der Waals surface area contributed by atoms with Gasteiger partial charge in [-0.05, 0) is 55.0 Å². The van der Waals surface area contributed by atoms with E-state index in [1.165, 1.54) is 33.6 Å². The van der Waals surface area contributed by atoms with Crippen LogP contribution in [0.3, 0.4) is 0 Å². The first-order valence-electron chi connectivity index (χ1n) is 12.8. The second-order valence-electron chi connectivity index (χ2n) is 10.1. The average Bonchev–Trinajstić information content (AvgIpc) is 3.71. The molecule has 194 valence electrons. The number of carbonyl (C=O) groups excluding carboxylic acids is 2.